The highest BCUT2D eigenvalue weighted by Gasteiger charge is 2.32. The molecule has 1 N–H and O–H groups in total. The van der Waals surface area contributed by atoms with Crippen molar-refractivity contribution in [2.75, 3.05) is 26.2 Å². The van der Waals surface area contributed by atoms with Gasteiger partial charge in [-0.05, 0) is 46.3 Å². The number of carbonyl (C=O) groups excluding carboxylic acids is 1. The van der Waals surface area contributed by atoms with Gasteiger partial charge in [0.25, 0.3) is 5.91 Å². The van der Waals surface area contributed by atoms with Crippen LogP contribution in [-0.4, -0.2) is 54.8 Å². The number of phenols is 1. The Kier molecular flexibility index (Phi) is 5.57. The molecule has 0 atom stereocenters. The average molecular weight is 460 g/mol. The van der Waals surface area contributed by atoms with Crippen LogP contribution in [0.1, 0.15) is 10.4 Å². The predicted molar refractivity (Wildman–Crippen MR) is 102 cm³/mol. The maximum Gasteiger partial charge on any atom is 0.257 e. The average Bonchev–Trinajstić information content (AvgIpc) is 2.63. The van der Waals surface area contributed by atoms with Gasteiger partial charge >= 0.3 is 0 Å². The molecule has 2 aromatic rings. The van der Waals surface area contributed by atoms with Gasteiger partial charge in [0.1, 0.15) is 5.75 Å². The molecule has 0 spiro atoms. The Labute approximate surface area is 165 Å². The summed E-state index contributed by atoms with van der Waals surface area (Å²) in [6, 6.07) is 10.9. The lowest BCUT2D eigenvalue weighted by Crippen LogP contribution is -2.50. The fourth-order valence-electron chi connectivity index (χ4n) is 2.77. The van der Waals surface area contributed by atoms with E-state index in [9.17, 15) is 18.3 Å². The summed E-state index contributed by atoms with van der Waals surface area (Å²) in [6.07, 6.45) is 0. The number of hydrogen-bond donors (Lipinski definition) is 1. The lowest BCUT2D eigenvalue weighted by atomic mass is 10.1. The van der Waals surface area contributed by atoms with Crippen molar-refractivity contribution in [3.05, 3.63) is 57.5 Å². The fraction of sp³-hybridized carbons (Fsp3) is 0.235. The molecular formula is C17H16BrClN2O4S. The summed E-state index contributed by atoms with van der Waals surface area (Å²) in [7, 11) is -3.64. The van der Waals surface area contributed by atoms with E-state index in [2.05, 4.69) is 15.9 Å². The Morgan fingerprint density at radius 3 is 2.38 bits per heavy atom. The molecule has 6 nitrogen and oxygen atoms in total. The molecule has 0 saturated carbocycles. The van der Waals surface area contributed by atoms with Crippen LogP contribution in [0.2, 0.25) is 5.02 Å². The Balaban J connectivity index is 1.74. The molecule has 0 bridgehead atoms. The van der Waals surface area contributed by atoms with Crippen molar-refractivity contribution in [3.63, 3.8) is 0 Å². The van der Waals surface area contributed by atoms with Crippen molar-refractivity contribution >= 4 is 43.5 Å². The van der Waals surface area contributed by atoms with Gasteiger partial charge in [-0.1, -0.05) is 23.7 Å². The highest BCUT2D eigenvalue weighted by atomic mass is 79.9. The molecule has 138 valence electrons. The minimum absolute atomic E-state index is 0.111. The lowest BCUT2D eigenvalue weighted by Gasteiger charge is -2.34. The quantitative estimate of drug-likeness (QED) is 0.765. The van der Waals surface area contributed by atoms with Gasteiger partial charge in [-0.3, -0.25) is 4.79 Å². The summed E-state index contributed by atoms with van der Waals surface area (Å²) in [5.41, 5.74) is 0.111. The van der Waals surface area contributed by atoms with Gasteiger partial charge in [0.05, 0.1) is 10.5 Å². The summed E-state index contributed by atoms with van der Waals surface area (Å²) >= 11 is 9.16. The number of phenolic OH excluding ortho intramolecular Hbond substituents is 1. The van der Waals surface area contributed by atoms with Crippen LogP contribution in [0.25, 0.3) is 0 Å². The second kappa shape index (κ2) is 7.56. The van der Waals surface area contributed by atoms with Crippen molar-refractivity contribution in [3.8, 4) is 5.75 Å². The smallest absolute Gasteiger partial charge is 0.257 e. The van der Waals surface area contributed by atoms with Gasteiger partial charge in [-0.25, -0.2) is 8.42 Å². The number of aromatic hydroxyl groups is 1. The molecule has 3 rings (SSSR count). The van der Waals surface area contributed by atoms with E-state index in [0.29, 0.717) is 9.50 Å². The molecule has 1 amide bonds. The van der Waals surface area contributed by atoms with E-state index >= 15 is 0 Å². The molecule has 1 fully saturated rings. The molecule has 1 heterocycles. The van der Waals surface area contributed by atoms with Crippen LogP contribution < -0.4 is 0 Å². The third kappa shape index (κ3) is 3.73. The molecule has 9 heteroatoms. The topological polar surface area (TPSA) is 77.9 Å². The van der Waals surface area contributed by atoms with Crippen LogP contribution in [0.4, 0.5) is 0 Å². The van der Waals surface area contributed by atoms with E-state index in [1.165, 1.54) is 27.4 Å². The summed E-state index contributed by atoms with van der Waals surface area (Å²) in [6.45, 7) is 0.816. The molecule has 0 aromatic heterocycles. The summed E-state index contributed by atoms with van der Waals surface area (Å²) in [5, 5.41) is 10.2. The van der Waals surface area contributed by atoms with Crippen LogP contribution in [-0.2, 0) is 10.0 Å². The van der Waals surface area contributed by atoms with Crippen molar-refractivity contribution in [1.29, 1.82) is 0 Å². The number of carbonyl (C=O) groups is 1. The first-order chi connectivity index (χ1) is 12.3. The number of halogens is 2. The lowest BCUT2D eigenvalue weighted by molar-refractivity contribution is 0.0695. The number of rotatable bonds is 3. The van der Waals surface area contributed by atoms with Crippen molar-refractivity contribution in [1.82, 2.24) is 9.21 Å². The van der Waals surface area contributed by atoms with Crippen LogP contribution in [0.5, 0.6) is 5.75 Å². The van der Waals surface area contributed by atoms with E-state index in [1.54, 1.807) is 24.3 Å². The molecule has 0 radical (unpaired) electrons. The summed E-state index contributed by atoms with van der Waals surface area (Å²) in [5.74, 6) is -0.523. The molecule has 2 aromatic carbocycles. The first kappa shape index (κ1) is 19.2. The second-order valence-corrected chi connectivity index (χ2v) is 8.99. The predicted octanol–water partition coefficient (Wildman–Crippen LogP) is 2.95. The van der Waals surface area contributed by atoms with Crippen LogP contribution >= 0.6 is 27.5 Å². The fourth-order valence-corrected chi connectivity index (χ4v) is 5.33. The first-order valence-corrected chi connectivity index (χ1v) is 10.4. The third-order valence-corrected chi connectivity index (χ3v) is 7.32. The monoisotopic (exact) mass is 458 g/mol. The number of nitrogens with zero attached hydrogens (tertiary/aromatic N) is 2. The Morgan fingerprint density at radius 2 is 1.73 bits per heavy atom. The van der Waals surface area contributed by atoms with Crippen molar-refractivity contribution in [2.45, 2.75) is 4.90 Å². The zero-order valence-corrected chi connectivity index (χ0v) is 16.8. The van der Waals surface area contributed by atoms with Crippen molar-refractivity contribution < 1.29 is 18.3 Å². The van der Waals surface area contributed by atoms with Gasteiger partial charge in [0.15, 0.2) is 0 Å². The molecule has 26 heavy (non-hydrogen) atoms. The Bertz CT molecular complexity index is 944. The minimum atomic E-state index is -3.64. The zero-order valence-electron chi connectivity index (χ0n) is 13.6. The number of benzene rings is 2. The van der Waals surface area contributed by atoms with E-state index in [1.807, 2.05) is 0 Å². The zero-order chi connectivity index (χ0) is 18.9. The molecule has 0 aliphatic carbocycles. The molecular weight excluding hydrogens is 444 g/mol. The van der Waals surface area contributed by atoms with E-state index < -0.39 is 10.0 Å². The number of sulfonamides is 1. The Morgan fingerprint density at radius 1 is 1.08 bits per heavy atom. The maximum absolute atomic E-state index is 12.8. The number of amides is 1. The molecule has 1 aliphatic heterocycles. The second-order valence-electron chi connectivity index (χ2n) is 5.79. The van der Waals surface area contributed by atoms with Gasteiger partial charge in [-0.2, -0.15) is 4.31 Å². The van der Waals surface area contributed by atoms with Crippen LogP contribution in [0.3, 0.4) is 0 Å². The summed E-state index contributed by atoms with van der Waals surface area (Å²) in [4.78, 5) is 14.3. The van der Waals surface area contributed by atoms with Gasteiger partial charge < -0.3 is 10.0 Å². The van der Waals surface area contributed by atoms with E-state index in [-0.39, 0.29) is 48.3 Å². The SMILES string of the molecule is O=C(c1cc(Cl)ccc1O)N1CCN(S(=O)(=O)c2ccccc2Br)CC1. The largest absolute Gasteiger partial charge is 0.507 e. The maximum atomic E-state index is 12.8. The number of hydrogen-bond acceptors (Lipinski definition) is 4. The normalized spacial score (nSPS) is 15.8. The van der Waals surface area contributed by atoms with Gasteiger partial charge in [-0.15, -0.1) is 0 Å². The molecule has 0 unspecified atom stereocenters. The highest BCUT2D eigenvalue weighted by Crippen LogP contribution is 2.27. The van der Waals surface area contributed by atoms with Gasteiger partial charge in [0.2, 0.25) is 10.0 Å². The Hall–Kier alpha value is -1.61. The van der Waals surface area contributed by atoms with Crippen LogP contribution in [0.15, 0.2) is 51.8 Å². The standard InChI is InChI=1S/C17H16BrClN2O4S/c18-14-3-1-2-4-16(14)26(24,25)21-9-7-20(8-10-21)17(23)13-11-12(19)5-6-15(13)22/h1-6,11,22H,7-10H2. The molecule has 1 aliphatic rings. The summed E-state index contributed by atoms with van der Waals surface area (Å²) < 4.78 is 27.4. The highest BCUT2D eigenvalue weighted by molar-refractivity contribution is 9.10. The van der Waals surface area contributed by atoms with E-state index in [4.69, 9.17) is 11.6 Å². The first-order valence-electron chi connectivity index (χ1n) is 7.83. The van der Waals surface area contributed by atoms with Crippen molar-refractivity contribution in [2.24, 2.45) is 0 Å². The minimum Gasteiger partial charge on any atom is -0.507 e. The van der Waals surface area contributed by atoms with Crippen LogP contribution in [0, 0.1) is 0 Å². The van der Waals surface area contributed by atoms with Gasteiger partial charge in [0, 0.05) is 35.7 Å². The molecule has 1 saturated heterocycles. The number of piperazine rings is 1. The third-order valence-electron chi connectivity index (χ3n) is 4.17. The van der Waals surface area contributed by atoms with E-state index in [0.717, 1.165) is 0 Å².